The summed E-state index contributed by atoms with van der Waals surface area (Å²) in [5, 5.41) is 9.28. The minimum Gasteiger partial charge on any atom is -0.493 e. The number of nitrogens with one attached hydrogen (secondary N) is 2. The molecule has 2 aliphatic rings. The molecule has 2 atom stereocenters. The van der Waals surface area contributed by atoms with Crippen molar-refractivity contribution in [3.8, 4) is 11.5 Å². The second kappa shape index (κ2) is 8.64. The van der Waals surface area contributed by atoms with Gasteiger partial charge in [0.15, 0.2) is 17.3 Å². The van der Waals surface area contributed by atoms with E-state index in [9.17, 15) is 4.79 Å². The Hall–Kier alpha value is -2.77. The summed E-state index contributed by atoms with van der Waals surface area (Å²) in [7, 11) is 3.24. The van der Waals surface area contributed by atoms with E-state index in [2.05, 4.69) is 44.1 Å². The third kappa shape index (κ3) is 3.69. The molecule has 2 aromatic carbocycles. The maximum Gasteiger partial charge on any atom is 0.163 e. The van der Waals surface area contributed by atoms with Gasteiger partial charge in [0.2, 0.25) is 0 Å². The smallest absolute Gasteiger partial charge is 0.163 e. The molecule has 5 rings (SSSR count). The van der Waals surface area contributed by atoms with Crippen LogP contribution in [0, 0.1) is 0 Å². The molecule has 3 aromatic rings. The summed E-state index contributed by atoms with van der Waals surface area (Å²) in [6.07, 6.45) is 1.29. The summed E-state index contributed by atoms with van der Waals surface area (Å²) >= 11 is 5.42. The van der Waals surface area contributed by atoms with Gasteiger partial charge < -0.3 is 20.1 Å². The number of methoxy groups -OCH3 is 2. The minimum atomic E-state index is -0.327. The molecule has 1 aliphatic carbocycles. The number of anilines is 2. The van der Waals surface area contributed by atoms with Crippen molar-refractivity contribution in [2.24, 2.45) is 0 Å². The average Bonchev–Trinajstić information content (AvgIpc) is 3.28. The predicted octanol–water partition coefficient (Wildman–Crippen LogP) is 6.51. The molecule has 0 fully saturated rings. The highest BCUT2D eigenvalue weighted by Crippen LogP contribution is 2.47. The Kier molecular flexibility index (Phi) is 5.69. The van der Waals surface area contributed by atoms with E-state index in [0.29, 0.717) is 17.9 Å². The monoisotopic (exact) mass is 510 g/mol. The number of hydrogen-bond donors (Lipinski definition) is 2. The lowest BCUT2D eigenvalue weighted by Gasteiger charge is -2.30. The molecule has 0 spiro atoms. The number of allylic oxidation sites excluding steroid dienone is 1. The van der Waals surface area contributed by atoms with Crippen LogP contribution < -0.4 is 20.1 Å². The van der Waals surface area contributed by atoms with Gasteiger partial charge in [-0.2, -0.15) is 0 Å². The first kappa shape index (κ1) is 21.1. The summed E-state index contributed by atoms with van der Waals surface area (Å²) in [5.74, 6) is 1.61. The Balaban J connectivity index is 1.66. The topological polar surface area (TPSA) is 59.6 Å². The fourth-order valence-corrected chi connectivity index (χ4v) is 5.92. The maximum absolute atomic E-state index is 13.6. The van der Waals surface area contributed by atoms with Crippen molar-refractivity contribution in [1.29, 1.82) is 0 Å². The highest BCUT2D eigenvalue weighted by molar-refractivity contribution is 9.10. The van der Waals surface area contributed by atoms with Gasteiger partial charge in [0.05, 0.1) is 31.6 Å². The van der Waals surface area contributed by atoms with Gasteiger partial charge in [0.1, 0.15) is 0 Å². The maximum atomic E-state index is 13.6. The highest BCUT2D eigenvalue weighted by Gasteiger charge is 2.37. The van der Waals surface area contributed by atoms with E-state index in [0.717, 1.165) is 39.1 Å². The molecule has 0 radical (unpaired) electrons. The van der Waals surface area contributed by atoms with Crippen LogP contribution in [0.3, 0.4) is 0 Å². The van der Waals surface area contributed by atoms with Crippen LogP contribution in [0.15, 0.2) is 69.7 Å². The van der Waals surface area contributed by atoms with Gasteiger partial charge in [-0.3, -0.25) is 4.79 Å². The number of Topliss-reactive ketones (excluding diaryl/α,β-unsaturated/α-hetero) is 1. The predicted molar refractivity (Wildman–Crippen MR) is 132 cm³/mol. The Bertz CT molecular complexity index is 1210. The molecule has 5 nitrogen and oxygen atoms in total. The van der Waals surface area contributed by atoms with E-state index in [1.807, 2.05) is 36.4 Å². The van der Waals surface area contributed by atoms with Crippen LogP contribution in [0.25, 0.3) is 0 Å². The first-order valence-corrected chi connectivity index (χ1v) is 12.1. The first-order valence-electron chi connectivity index (χ1n) is 10.4. The zero-order valence-electron chi connectivity index (χ0n) is 17.8. The SMILES string of the molecule is COc1cc(Br)c([C@H]2Nc3ccccc3NC3=C2C(=O)C[C@H](c2cccs2)C3)cc1OC. The van der Waals surface area contributed by atoms with Crippen molar-refractivity contribution in [3.05, 3.63) is 80.1 Å². The number of thiophene rings is 1. The molecule has 0 bridgehead atoms. The van der Waals surface area contributed by atoms with E-state index in [4.69, 9.17) is 9.47 Å². The number of carbonyl (C=O) groups excluding carboxylic acids is 1. The molecule has 2 heterocycles. The van der Waals surface area contributed by atoms with Crippen molar-refractivity contribution < 1.29 is 14.3 Å². The van der Waals surface area contributed by atoms with E-state index in [1.165, 1.54) is 4.88 Å². The van der Waals surface area contributed by atoms with Gasteiger partial charge in [-0.25, -0.2) is 0 Å². The normalized spacial score (nSPS) is 19.9. The molecule has 2 N–H and O–H groups in total. The largest absolute Gasteiger partial charge is 0.493 e. The first-order chi connectivity index (χ1) is 15.6. The second-order valence-corrected chi connectivity index (χ2v) is 9.75. The molecule has 7 heteroatoms. The molecule has 1 aromatic heterocycles. The number of hydrogen-bond acceptors (Lipinski definition) is 6. The second-order valence-electron chi connectivity index (χ2n) is 7.91. The van der Waals surface area contributed by atoms with Crippen LogP contribution >= 0.6 is 27.3 Å². The summed E-state index contributed by atoms with van der Waals surface area (Å²) in [6, 6.07) is 15.7. The lowest BCUT2D eigenvalue weighted by molar-refractivity contribution is -0.116. The summed E-state index contributed by atoms with van der Waals surface area (Å²) in [5.41, 5.74) is 4.61. The van der Waals surface area contributed by atoms with E-state index in [-0.39, 0.29) is 17.7 Å². The minimum absolute atomic E-state index is 0.157. The van der Waals surface area contributed by atoms with Crippen molar-refractivity contribution in [3.63, 3.8) is 0 Å². The molecule has 32 heavy (non-hydrogen) atoms. The van der Waals surface area contributed by atoms with Crippen molar-refractivity contribution in [2.45, 2.75) is 24.8 Å². The average molecular weight is 511 g/mol. The molecule has 0 saturated carbocycles. The van der Waals surface area contributed by atoms with Crippen LogP contribution in [0.5, 0.6) is 11.5 Å². The van der Waals surface area contributed by atoms with E-state index >= 15 is 0 Å². The van der Waals surface area contributed by atoms with Crippen LogP contribution in [0.1, 0.15) is 35.2 Å². The molecule has 1 aliphatic heterocycles. The number of ketones is 1. The third-order valence-electron chi connectivity index (χ3n) is 6.07. The lowest BCUT2D eigenvalue weighted by atomic mass is 9.80. The van der Waals surface area contributed by atoms with Crippen LogP contribution in [0.2, 0.25) is 0 Å². The van der Waals surface area contributed by atoms with E-state index < -0.39 is 0 Å². The van der Waals surface area contributed by atoms with Gasteiger partial charge >= 0.3 is 0 Å². The van der Waals surface area contributed by atoms with Crippen LogP contribution in [-0.2, 0) is 4.79 Å². The molecular formula is C25H23BrN2O3S. The van der Waals surface area contributed by atoms with Crippen LogP contribution in [0.4, 0.5) is 11.4 Å². The molecule has 0 unspecified atom stereocenters. The number of carbonyl (C=O) groups is 1. The number of halogens is 1. The van der Waals surface area contributed by atoms with Gasteiger partial charge in [0, 0.05) is 33.0 Å². The third-order valence-corrected chi connectivity index (χ3v) is 7.79. The fraction of sp³-hybridized carbons (Fsp3) is 0.240. The Morgan fingerprint density at radius 1 is 1.00 bits per heavy atom. The quantitative estimate of drug-likeness (QED) is 0.419. The summed E-state index contributed by atoms with van der Waals surface area (Å²) in [6.45, 7) is 0. The van der Waals surface area contributed by atoms with E-state index in [1.54, 1.807) is 25.6 Å². The number of ether oxygens (including phenoxy) is 2. The Morgan fingerprint density at radius 2 is 1.75 bits per heavy atom. The van der Waals surface area contributed by atoms with Crippen molar-refractivity contribution in [1.82, 2.24) is 0 Å². The molecular weight excluding hydrogens is 488 g/mol. The molecule has 0 amide bonds. The Morgan fingerprint density at radius 3 is 2.47 bits per heavy atom. The van der Waals surface area contributed by atoms with Crippen molar-refractivity contribution >= 4 is 44.4 Å². The van der Waals surface area contributed by atoms with Gasteiger partial charge in [-0.1, -0.05) is 34.1 Å². The zero-order chi connectivity index (χ0) is 22.2. The van der Waals surface area contributed by atoms with Gasteiger partial charge in [-0.15, -0.1) is 11.3 Å². The molecule has 0 saturated heterocycles. The number of rotatable bonds is 4. The van der Waals surface area contributed by atoms with Gasteiger partial charge in [-0.05, 0) is 47.7 Å². The standard InChI is InChI=1S/C25H23BrN2O3S/c1-30-21-12-15(16(26)13-22(21)31-2)25-24-19(27-17-6-3-4-7-18(17)28-25)10-14(11-20(24)29)23-8-5-9-32-23/h3-9,12-14,25,27-28H,10-11H2,1-2H3/t14-,25-/m1/s1. The number of para-hydroxylation sites is 2. The fourth-order valence-electron chi connectivity index (χ4n) is 4.54. The lowest BCUT2D eigenvalue weighted by Crippen LogP contribution is -2.26. The molecule has 164 valence electrons. The number of fused-ring (bicyclic) bond motifs is 1. The number of benzene rings is 2. The van der Waals surface area contributed by atoms with Gasteiger partial charge in [0.25, 0.3) is 0 Å². The summed E-state index contributed by atoms with van der Waals surface area (Å²) < 4.78 is 11.9. The Labute approximate surface area is 199 Å². The van der Waals surface area contributed by atoms with Crippen molar-refractivity contribution in [2.75, 3.05) is 24.9 Å². The van der Waals surface area contributed by atoms with Crippen LogP contribution in [-0.4, -0.2) is 20.0 Å². The zero-order valence-corrected chi connectivity index (χ0v) is 20.2. The summed E-state index contributed by atoms with van der Waals surface area (Å²) in [4.78, 5) is 14.9. The highest BCUT2D eigenvalue weighted by atomic mass is 79.9.